The van der Waals surface area contributed by atoms with Crippen LogP contribution in [0.5, 0.6) is 0 Å². The molecule has 0 unspecified atom stereocenters. The van der Waals surface area contributed by atoms with Gasteiger partial charge in [-0.05, 0) is 35.5 Å². The number of hydrogen-bond acceptors (Lipinski definition) is 4. The van der Waals surface area contributed by atoms with Crippen molar-refractivity contribution in [1.82, 2.24) is 20.2 Å². The fourth-order valence-corrected chi connectivity index (χ4v) is 2.33. The number of nitrogens with one attached hydrogen (secondary N) is 1. The minimum atomic E-state index is -4.51. The molecular formula is C16H10ClF4N5O. The van der Waals surface area contributed by atoms with Crippen molar-refractivity contribution in [2.75, 3.05) is 5.32 Å². The topological polar surface area (TPSA) is 72.7 Å². The van der Waals surface area contributed by atoms with E-state index in [-0.39, 0.29) is 22.1 Å². The monoisotopic (exact) mass is 399 g/mol. The summed E-state index contributed by atoms with van der Waals surface area (Å²) in [4.78, 5) is 12.8. The summed E-state index contributed by atoms with van der Waals surface area (Å²) in [5.74, 6) is -1.44. The summed E-state index contributed by atoms with van der Waals surface area (Å²) < 4.78 is 52.0. The fraction of sp³-hybridized carbons (Fsp3) is 0.125. The average molecular weight is 400 g/mol. The zero-order valence-electron chi connectivity index (χ0n) is 13.3. The summed E-state index contributed by atoms with van der Waals surface area (Å²) >= 11 is 5.63. The Morgan fingerprint density at radius 1 is 1.19 bits per heavy atom. The molecule has 0 spiro atoms. The van der Waals surface area contributed by atoms with Crippen LogP contribution in [0.3, 0.4) is 0 Å². The molecule has 0 radical (unpaired) electrons. The van der Waals surface area contributed by atoms with E-state index < -0.39 is 30.0 Å². The van der Waals surface area contributed by atoms with E-state index >= 15 is 0 Å². The lowest BCUT2D eigenvalue weighted by molar-refractivity contribution is -0.137. The van der Waals surface area contributed by atoms with Crippen molar-refractivity contribution in [2.24, 2.45) is 0 Å². The Morgan fingerprint density at radius 3 is 2.67 bits per heavy atom. The molecule has 0 fully saturated rings. The molecule has 0 atom stereocenters. The maximum atomic E-state index is 13.7. The van der Waals surface area contributed by atoms with Crippen LogP contribution in [-0.2, 0) is 17.5 Å². The first-order valence-electron chi connectivity index (χ1n) is 7.43. The lowest BCUT2D eigenvalue weighted by Gasteiger charge is -2.07. The molecule has 140 valence electrons. The summed E-state index contributed by atoms with van der Waals surface area (Å²) in [6.45, 7) is -0.409. The molecule has 1 aromatic heterocycles. The predicted octanol–water partition coefficient (Wildman–Crippen LogP) is 3.79. The highest BCUT2D eigenvalue weighted by atomic mass is 35.5. The van der Waals surface area contributed by atoms with Crippen LogP contribution >= 0.6 is 11.6 Å². The van der Waals surface area contributed by atoms with Crippen molar-refractivity contribution in [1.29, 1.82) is 0 Å². The third kappa shape index (κ3) is 4.59. The van der Waals surface area contributed by atoms with E-state index in [0.717, 1.165) is 23.0 Å². The predicted molar refractivity (Wildman–Crippen MR) is 88.3 cm³/mol. The summed E-state index contributed by atoms with van der Waals surface area (Å²) in [5.41, 5.74) is -0.838. The van der Waals surface area contributed by atoms with Crippen molar-refractivity contribution in [2.45, 2.75) is 12.7 Å². The van der Waals surface area contributed by atoms with Gasteiger partial charge in [0.1, 0.15) is 12.4 Å². The number of benzene rings is 2. The lowest BCUT2D eigenvalue weighted by Crippen LogP contribution is -2.21. The maximum absolute atomic E-state index is 13.7. The van der Waals surface area contributed by atoms with Gasteiger partial charge in [-0.25, -0.2) is 4.39 Å². The zero-order chi connectivity index (χ0) is 19.6. The number of halogens is 5. The second-order valence-electron chi connectivity index (χ2n) is 5.39. The van der Waals surface area contributed by atoms with E-state index in [1.54, 1.807) is 0 Å². The second-order valence-corrected chi connectivity index (χ2v) is 5.83. The molecule has 0 aliphatic carbocycles. The zero-order valence-corrected chi connectivity index (χ0v) is 14.1. The molecule has 6 nitrogen and oxygen atoms in total. The first-order chi connectivity index (χ1) is 12.7. The Kier molecular flexibility index (Phi) is 5.08. The molecule has 1 heterocycles. The van der Waals surface area contributed by atoms with Gasteiger partial charge in [0.25, 0.3) is 0 Å². The average Bonchev–Trinajstić information content (AvgIpc) is 3.05. The maximum Gasteiger partial charge on any atom is 0.416 e. The van der Waals surface area contributed by atoms with Crippen LogP contribution < -0.4 is 5.32 Å². The van der Waals surface area contributed by atoms with Gasteiger partial charge in [0, 0.05) is 10.6 Å². The normalized spacial score (nSPS) is 11.4. The molecule has 1 N–H and O–H groups in total. The van der Waals surface area contributed by atoms with E-state index in [2.05, 4.69) is 20.7 Å². The van der Waals surface area contributed by atoms with Crippen LogP contribution in [0.1, 0.15) is 5.56 Å². The number of nitrogens with zero attached hydrogens (tertiary/aromatic N) is 4. The molecule has 2 aromatic carbocycles. The number of anilines is 1. The lowest BCUT2D eigenvalue weighted by atomic mass is 10.1. The first-order valence-corrected chi connectivity index (χ1v) is 7.80. The van der Waals surface area contributed by atoms with E-state index in [9.17, 15) is 22.4 Å². The SMILES string of the molecule is O=C(Cn1nnc(-c2cccc(C(F)(F)F)c2)n1)Nc1ccc(Cl)cc1F. The minimum absolute atomic E-state index is 0.0772. The Hall–Kier alpha value is -3.01. The Labute approximate surface area is 154 Å². The first kappa shape index (κ1) is 18.8. The van der Waals surface area contributed by atoms with Gasteiger partial charge in [0.15, 0.2) is 0 Å². The molecule has 11 heteroatoms. The number of aromatic nitrogens is 4. The van der Waals surface area contributed by atoms with E-state index in [1.807, 2.05) is 0 Å². The molecule has 0 aliphatic rings. The van der Waals surface area contributed by atoms with Crippen molar-refractivity contribution < 1.29 is 22.4 Å². The molecule has 0 saturated heterocycles. The quantitative estimate of drug-likeness (QED) is 0.677. The highest BCUT2D eigenvalue weighted by Gasteiger charge is 2.30. The van der Waals surface area contributed by atoms with E-state index in [0.29, 0.717) is 0 Å². The fourth-order valence-electron chi connectivity index (χ4n) is 2.17. The molecule has 0 saturated carbocycles. The van der Waals surface area contributed by atoms with Crippen LogP contribution in [0.2, 0.25) is 5.02 Å². The van der Waals surface area contributed by atoms with E-state index in [1.165, 1.54) is 24.3 Å². The number of carbonyl (C=O) groups excluding carboxylic acids is 1. The van der Waals surface area contributed by atoms with E-state index in [4.69, 9.17) is 11.6 Å². The van der Waals surface area contributed by atoms with Crippen molar-refractivity contribution >= 4 is 23.2 Å². The van der Waals surface area contributed by atoms with Crippen molar-refractivity contribution in [3.8, 4) is 11.4 Å². The van der Waals surface area contributed by atoms with Crippen molar-refractivity contribution in [3.05, 3.63) is 58.9 Å². The third-order valence-corrected chi connectivity index (χ3v) is 3.63. The number of tetrazole rings is 1. The van der Waals surface area contributed by atoms with Gasteiger partial charge >= 0.3 is 6.18 Å². The molecule has 27 heavy (non-hydrogen) atoms. The molecule has 3 aromatic rings. The van der Waals surface area contributed by atoms with Crippen LogP contribution in [0.15, 0.2) is 42.5 Å². The largest absolute Gasteiger partial charge is 0.416 e. The summed E-state index contributed by atoms with van der Waals surface area (Å²) in [6, 6.07) is 8.13. The van der Waals surface area contributed by atoms with Crippen LogP contribution in [0, 0.1) is 5.82 Å². The van der Waals surface area contributed by atoms with Gasteiger partial charge in [-0.3, -0.25) is 4.79 Å². The van der Waals surface area contributed by atoms with Gasteiger partial charge in [0.05, 0.1) is 11.3 Å². The van der Waals surface area contributed by atoms with Gasteiger partial charge in [-0.2, -0.15) is 18.0 Å². The molecule has 0 aliphatic heterocycles. The van der Waals surface area contributed by atoms with Gasteiger partial charge in [-0.15, -0.1) is 10.2 Å². The number of hydrogen-bond donors (Lipinski definition) is 1. The number of carbonyl (C=O) groups is 1. The Balaban J connectivity index is 1.72. The van der Waals surface area contributed by atoms with Crippen molar-refractivity contribution in [3.63, 3.8) is 0 Å². The highest BCUT2D eigenvalue weighted by molar-refractivity contribution is 6.30. The van der Waals surface area contributed by atoms with Gasteiger partial charge in [-0.1, -0.05) is 23.7 Å². The van der Waals surface area contributed by atoms with Gasteiger partial charge < -0.3 is 5.32 Å². The second kappa shape index (κ2) is 7.31. The standard InChI is InChI=1S/C16H10ClF4N5O/c17-11-4-5-13(12(18)7-11)22-14(27)8-26-24-15(23-25-26)9-2-1-3-10(6-9)16(19,20)21/h1-7H,8H2,(H,22,27). The Morgan fingerprint density at radius 2 is 1.96 bits per heavy atom. The molecular weight excluding hydrogens is 390 g/mol. The molecule has 3 rings (SSSR count). The molecule has 0 bridgehead atoms. The van der Waals surface area contributed by atoms with Gasteiger partial charge in [0.2, 0.25) is 11.7 Å². The number of amides is 1. The van der Waals surface area contributed by atoms with Crippen LogP contribution in [0.25, 0.3) is 11.4 Å². The highest BCUT2D eigenvalue weighted by Crippen LogP contribution is 2.31. The van der Waals surface area contributed by atoms with Crippen LogP contribution in [0.4, 0.5) is 23.2 Å². The minimum Gasteiger partial charge on any atom is -0.322 e. The number of rotatable bonds is 4. The smallest absolute Gasteiger partial charge is 0.322 e. The summed E-state index contributed by atoms with van der Waals surface area (Å²) in [7, 11) is 0. The Bertz CT molecular complexity index is 989. The number of alkyl halides is 3. The third-order valence-electron chi connectivity index (χ3n) is 3.39. The molecule has 1 amide bonds. The summed E-state index contributed by atoms with van der Waals surface area (Å²) in [6.07, 6.45) is -4.51. The summed E-state index contributed by atoms with van der Waals surface area (Å²) in [5, 5.41) is 13.6. The van der Waals surface area contributed by atoms with Crippen LogP contribution in [-0.4, -0.2) is 26.1 Å².